The van der Waals surface area contributed by atoms with Gasteiger partial charge in [-0.25, -0.2) is 0 Å². The first-order valence-corrected chi connectivity index (χ1v) is 3.18. The minimum Gasteiger partial charge on any atom is -0.356 e. The molecule has 0 saturated heterocycles. The van der Waals surface area contributed by atoms with Crippen molar-refractivity contribution in [3.8, 4) is 0 Å². The van der Waals surface area contributed by atoms with Gasteiger partial charge in [0.15, 0.2) is 0 Å². The van der Waals surface area contributed by atoms with E-state index < -0.39 is 0 Å². The maximum Gasteiger partial charge on any atom is 0.219 e. The molecular formula is C7H13NO. The van der Waals surface area contributed by atoms with Crippen LogP contribution in [0.2, 0.25) is 0 Å². The van der Waals surface area contributed by atoms with Gasteiger partial charge >= 0.3 is 0 Å². The van der Waals surface area contributed by atoms with Crippen LogP contribution in [0.25, 0.3) is 0 Å². The van der Waals surface area contributed by atoms with Crippen molar-refractivity contribution in [1.29, 1.82) is 0 Å². The minimum absolute atomic E-state index is 0.108. The van der Waals surface area contributed by atoms with E-state index in [1.165, 1.54) is 0 Å². The van der Waals surface area contributed by atoms with Gasteiger partial charge in [-0.3, -0.25) is 4.79 Å². The second kappa shape index (κ2) is 5.35. The van der Waals surface area contributed by atoms with E-state index in [1.54, 1.807) is 6.08 Å². The maximum atomic E-state index is 10.5. The summed E-state index contributed by atoms with van der Waals surface area (Å²) in [7, 11) is 0. The van der Waals surface area contributed by atoms with Crippen LogP contribution in [0.1, 0.15) is 19.8 Å². The molecule has 2 nitrogen and oxygen atoms in total. The summed E-state index contributed by atoms with van der Waals surface area (Å²) in [5.74, 6) is 0.108. The summed E-state index contributed by atoms with van der Waals surface area (Å²) in [4.78, 5) is 10.5. The minimum atomic E-state index is 0.108. The van der Waals surface area contributed by atoms with Gasteiger partial charge in [-0.05, 0) is 6.42 Å². The van der Waals surface area contributed by atoms with Gasteiger partial charge in [0.25, 0.3) is 0 Å². The maximum absolute atomic E-state index is 10.5. The third-order valence-corrected chi connectivity index (χ3v) is 0.992. The fraction of sp³-hybridized carbons (Fsp3) is 0.571. The van der Waals surface area contributed by atoms with Crippen molar-refractivity contribution in [2.45, 2.75) is 19.8 Å². The highest BCUT2D eigenvalue weighted by Gasteiger charge is 1.91. The largest absolute Gasteiger partial charge is 0.356 e. The smallest absolute Gasteiger partial charge is 0.219 e. The Kier molecular flexibility index (Phi) is 4.88. The van der Waals surface area contributed by atoms with Crippen LogP contribution in [0.5, 0.6) is 0 Å². The molecule has 0 aliphatic rings. The molecule has 0 atom stereocenters. The zero-order chi connectivity index (χ0) is 7.11. The van der Waals surface area contributed by atoms with Gasteiger partial charge in [-0.2, -0.15) is 0 Å². The molecule has 0 aromatic rings. The van der Waals surface area contributed by atoms with Crippen LogP contribution in [-0.2, 0) is 4.79 Å². The molecule has 0 bridgehead atoms. The van der Waals surface area contributed by atoms with Crippen molar-refractivity contribution < 1.29 is 4.79 Å². The van der Waals surface area contributed by atoms with Crippen LogP contribution in [0.3, 0.4) is 0 Å². The van der Waals surface area contributed by atoms with E-state index in [1.807, 2.05) is 6.92 Å². The van der Waals surface area contributed by atoms with Gasteiger partial charge in [-0.15, -0.1) is 6.58 Å². The molecule has 52 valence electrons. The Bertz CT molecular complexity index is 99.1. The monoisotopic (exact) mass is 127 g/mol. The Morgan fingerprint density at radius 3 is 2.89 bits per heavy atom. The summed E-state index contributed by atoms with van der Waals surface area (Å²) in [6.07, 6.45) is 3.21. The van der Waals surface area contributed by atoms with Crippen molar-refractivity contribution in [2.24, 2.45) is 0 Å². The Labute approximate surface area is 56.0 Å². The quantitative estimate of drug-likeness (QED) is 0.444. The van der Waals surface area contributed by atoms with Gasteiger partial charge in [0.1, 0.15) is 0 Å². The number of amides is 1. The molecule has 1 amide bonds. The Morgan fingerprint density at radius 1 is 1.78 bits per heavy atom. The molecule has 0 heterocycles. The van der Waals surface area contributed by atoms with E-state index >= 15 is 0 Å². The van der Waals surface area contributed by atoms with E-state index in [0.717, 1.165) is 13.0 Å². The van der Waals surface area contributed by atoms with Crippen LogP contribution in [0.4, 0.5) is 0 Å². The predicted octanol–water partition coefficient (Wildman–Crippen LogP) is 1.09. The standard InChI is InChI=1S/C7H13NO/c1-3-5-6-8-7(9)4-2/h3H,1,4-6H2,2H3,(H,8,9). The SMILES string of the molecule is C=CCCNC(=O)CC. The zero-order valence-corrected chi connectivity index (χ0v) is 5.81. The highest BCUT2D eigenvalue weighted by molar-refractivity contribution is 5.75. The van der Waals surface area contributed by atoms with Crippen LogP contribution in [0, 0.1) is 0 Å². The summed E-state index contributed by atoms with van der Waals surface area (Å²) < 4.78 is 0. The lowest BCUT2D eigenvalue weighted by molar-refractivity contribution is -0.120. The van der Waals surface area contributed by atoms with Crippen LogP contribution in [-0.4, -0.2) is 12.5 Å². The fourth-order valence-electron chi connectivity index (χ4n) is 0.439. The van der Waals surface area contributed by atoms with Crippen LogP contribution < -0.4 is 5.32 Å². The number of nitrogens with one attached hydrogen (secondary N) is 1. The lowest BCUT2D eigenvalue weighted by atomic mass is 10.4. The molecule has 9 heavy (non-hydrogen) atoms. The van der Waals surface area contributed by atoms with Crippen LogP contribution >= 0.6 is 0 Å². The van der Waals surface area contributed by atoms with E-state index in [9.17, 15) is 4.79 Å². The lowest BCUT2D eigenvalue weighted by Gasteiger charge is -1.97. The second-order valence-corrected chi connectivity index (χ2v) is 1.78. The molecular weight excluding hydrogens is 114 g/mol. The Hall–Kier alpha value is -0.790. The van der Waals surface area contributed by atoms with Crippen molar-refractivity contribution in [1.82, 2.24) is 5.32 Å². The zero-order valence-electron chi connectivity index (χ0n) is 5.81. The molecule has 0 unspecified atom stereocenters. The van der Waals surface area contributed by atoms with Crippen molar-refractivity contribution >= 4 is 5.91 Å². The summed E-state index contributed by atoms with van der Waals surface area (Å²) in [6, 6.07) is 0. The summed E-state index contributed by atoms with van der Waals surface area (Å²) >= 11 is 0. The Balaban J connectivity index is 3.06. The lowest BCUT2D eigenvalue weighted by Crippen LogP contribution is -2.22. The number of rotatable bonds is 4. The van der Waals surface area contributed by atoms with E-state index in [-0.39, 0.29) is 5.91 Å². The summed E-state index contributed by atoms with van der Waals surface area (Å²) in [6.45, 7) is 6.09. The van der Waals surface area contributed by atoms with E-state index in [4.69, 9.17) is 0 Å². The molecule has 0 radical (unpaired) electrons. The van der Waals surface area contributed by atoms with Crippen molar-refractivity contribution in [3.63, 3.8) is 0 Å². The molecule has 0 saturated carbocycles. The highest BCUT2D eigenvalue weighted by atomic mass is 16.1. The molecule has 0 aliphatic carbocycles. The molecule has 0 aromatic carbocycles. The number of hydrogen-bond acceptors (Lipinski definition) is 1. The normalized spacial score (nSPS) is 8.56. The van der Waals surface area contributed by atoms with Gasteiger partial charge < -0.3 is 5.32 Å². The molecule has 2 heteroatoms. The number of carbonyl (C=O) groups is 1. The first-order valence-electron chi connectivity index (χ1n) is 3.18. The number of carbonyl (C=O) groups excluding carboxylic acids is 1. The van der Waals surface area contributed by atoms with Crippen molar-refractivity contribution in [3.05, 3.63) is 12.7 Å². The molecule has 0 aliphatic heterocycles. The number of hydrogen-bond donors (Lipinski definition) is 1. The molecule has 1 N–H and O–H groups in total. The molecule has 0 rings (SSSR count). The third kappa shape index (κ3) is 5.07. The Morgan fingerprint density at radius 2 is 2.44 bits per heavy atom. The van der Waals surface area contributed by atoms with Crippen LogP contribution in [0.15, 0.2) is 12.7 Å². The average Bonchev–Trinajstić information content (AvgIpc) is 1.89. The molecule has 0 aromatic heterocycles. The summed E-state index contributed by atoms with van der Waals surface area (Å²) in [5, 5.41) is 2.72. The predicted molar refractivity (Wildman–Crippen MR) is 38.1 cm³/mol. The average molecular weight is 127 g/mol. The third-order valence-electron chi connectivity index (χ3n) is 0.992. The second-order valence-electron chi connectivity index (χ2n) is 1.78. The molecule has 0 fully saturated rings. The van der Waals surface area contributed by atoms with E-state index in [2.05, 4.69) is 11.9 Å². The summed E-state index contributed by atoms with van der Waals surface area (Å²) in [5.41, 5.74) is 0. The fourth-order valence-corrected chi connectivity index (χ4v) is 0.439. The van der Waals surface area contributed by atoms with E-state index in [0.29, 0.717) is 6.42 Å². The van der Waals surface area contributed by atoms with Gasteiger partial charge in [0.05, 0.1) is 0 Å². The first kappa shape index (κ1) is 8.21. The molecule has 0 spiro atoms. The first-order chi connectivity index (χ1) is 4.31. The van der Waals surface area contributed by atoms with Gasteiger partial charge in [0.2, 0.25) is 5.91 Å². The highest BCUT2D eigenvalue weighted by Crippen LogP contribution is 1.78. The van der Waals surface area contributed by atoms with Crippen molar-refractivity contribution in [2.75, 3.05) is 6.54 Å². The van der Waals surface area contributed by atoms with Gasteiger partial charge in [-0.1, -0.05) is 13.0 Å². The van der Waals surface area contributed by atoms with Gasteiger partial charge in [0, 0.05) is 13.0 Å². The topological polar surface area (TPSA) is 29.1 Å².